The van der Waals surface area contributed by atoms with Gasteiger partial charge in [0.25, 0.3) is 0 Å². The van der Waals surface area contributed by atoms with Crippen molar-refractivity contribution in [1.29, 1.82) is 0 Å². The molecule has 1 aromatic heterocycles. The summed E-state index contributed by atoms with van der Waals surface area (Å²) in [5.41, 5.74) is 6.26. The molecule has 0 bridgehead atoms. The standard InChI is InChI=1S/C14H17ClN2O3S/c1-10-3-5-12(20-10)9-17(2)21(18,19)14-7-11(8-16)4-6-13(14)15/h3-7H,8-9,16H2,1-2H3. The molecule has 1 heterocycles. The van der Waals surface area contributed by atoms with Crippen LogP contribution >= 0.6 is 11.6 Å². The first-order valence-electron chi connectivity index (χ1n) is 6.34. The predicted molar refractivity (Wildman–Crippen MR) is 81.4 cm³/mol. The molecule has 0 atom stereocenters. The Kier molecular flexibility index (Phi) is 4.73. The van der Waals surface area contributed by atoms with Crippen molar-refractivity contribution in [1.82, 2.24) is 4.31 Å². The van der Waals surface area contributed by atoms with Crippen molar-refractivity contribution in [3.8, 4) is 0 Å². The first-order chi connectivity index (χ1) is 9.84. The van der Waals surface area contributed by atoms with Crippen LogP contribution in [0.15, 0.2) is 39.6 Å². The maximum absolute atomic E-state index is 12.6. The first-order valence-corrected chi connectivity index (χ1v) is 8.16. The zero-order chi connectivity index (χ0) is 15.6. The SMILES string of the molecule is Cc1ccc(CN(C)S(=O)(=O)c2cc(CN)ccc2Cl)o1. The number of hydrogen-bond acceptors (Lipinski definition) is 4. The van der Waals surface area contributed by atoms with Gasteiger partial charge in [-0.25, -0.2) is 8.42 Å². The molecule has 0 aliphatic rings. The van der Waals surface area contributed by atoms with E-state index in [-0.39, 0.29) is 23.0 Å². The highest BCUT2D eigenvalue weighted by Gasteiger charge is 2.24. The number of furan rings is 1. The van der Waals surface area contributed by atoms with E-state index in [1.54, 1.807) is 31.2 Å². The summed E-state index contributed by atoms with van der Waals surface area (Å²) in [5, 5.41) is 0.176. The lowest BCUT2D eigenvalue weighted by Crippen LogP contribution is -2.26. The molecule has 114 valence electrons. The van der Waals surface area contributed by atoms with Crippen LogP contribution in [0.3, 0.4) is 0 Å². The van der Waals surface area contributed by atoms with Crippen LogP contribution in [0.2, 0.25) is 5.02 Å². The van der Waals surface area contributed by atoms with E-state index in [1.807, 2.05) is 0 Å². The summed E-state index contributed by atoms with van der Waals surface area (Å²) in [6.45, 7) is 2.19. The second-order valence-electron chi connectivity index (χ2n) is 4.74. The Labute approximate surface area is 129 Å². The summed E-state index contributed by atoms with van der Waals surface area (Å²) in [6, 6.07) is 8.29. The minimum absolute atomic E-state index is 0.0536. The fourth-order valence-corrected chi connectivity index (χ4v) is 3.57. The zero-order valence-corrected chi connectivity index (χ0v) is 13.4. The van der Waals surface area contributed by atoms with Crippen molar-refractivity contribution in [2.45, 2.75) is 24.9 Å². The molecule has 1 aromatic carbocycles. The van der Waals surface area contributed by atoms with Gasteiger partial charge in [0, 0.05) is 13.6 Å². The Morgan fingerprint density at radius 3 is 2.57 bits per heavy atom. The lowest BCUT2D eigenvalue weighted by atomic mass is 10.2. The van der Waals surface area contributed by atoms with Gasteiger partial charge in [0.2, 0.25) is 10.0 Å². The molecule has 0 saturated heterocycles. The Hall–Kier alpha value is -1.34. The normalized spacial score (nSPS) is 12.0. The van der Waals surface area contributed by atoms with Gasteiger partial charge in [-0.3, -0.25) is 0 Å². The number of nitrogens with two attached hydrogens (primary N) is 1. The number of hydrogen-bond donors (Lipinski definition) is 1. The van der Waals surface area contributed by atoms with E-state index < -0.39 is 10.0 Å². The lowest BCUT2D eigenvalue weighted by Gasteiger charge is -2.17. The molecular formula is C14H17ClN2O3S. The third kappa shape index (κ3) is 3.47. The number of rotatable bonds is 5. The van der Waals surface area contributed by atoms with Crippen molar-refractivity contribution in [2.24, 2.45) is 5.73 Å². The molecule has 21 heavy (non-hydrogen) atoms. The van der Waals surface area contributed by atoms with Crippen LogP contribution in [0.4, 0.5) is 0 Å². The van der Waals surface area contributed by atoms with E-state index in [0.717, 1.165) is 5.76 Å². The maximum Gasteiger partial charge on any atom is 0.244 e. The molecule has 0 fully saturated rings. The number of halogens is 1. The smallest absolute Gasteiger partial charge is 0.244 e. The molecule has 0 spiro atoms. The molecule has 0 aliphatic carbocycles. The molecule has 0 aliphatic heterocycles. The Morgan fingerprint density at radius 1 is 1.29 bits per heavy atom. The van der Waals surface area contributed by atoms with Crippen LogP contribution in [0.25, 0.3) is 0 Å². The van der Waals surface area contributed by atoms with Crippen molar-refractivity contribution < 1.29 is 12.8 Å². The maximum atomic E-state index is 12.6. The van der Waals surface area contributed by atoms with Crippen LogP contribution in [-0.2, 0) is 23.1 Å². The van der Waals surface area contributed by atoms with E-state index in [2.05, 4.69) is 0 Å². The van der Waals surface area contributed by atoms with Crippen LogP contribution in [0.1, 0.15) is 17.1 Å². The van der Waals surface area contributed by atoms with E-state index in [0.29, 0.717) is 11.3 Å². The van der Waals surface area contributed by atoms with Gasteiger partial charge in [-0.2, -0.15) is 4.31 Å². The zero-order valence-electron chi connectivity index (χ0n) is 11.8. The van der Waals surface area contributed by atoms with Gasteiger partial charge in [0.1, 0.15) is 16.4 Å². The average molecular weight is 329 g/mol. The second kappa shape index (κ2) is 6.19. The predicted octanol–water partition coefficient (Wildman–Crippen LogP) is 2.52. The fraction of sp³-hybridized carbons (Fsp3) is 0.286. The molecule has 0 radical (unpaired) electrons. The third-order valence-electron chi connectivity index (χ3n) is 3.09. The minimum Gasteiger partial charge on any atom is -0.465 e. The van der Waals surface area contributed by atoms with Crippen LogP contribution < -0.4 is 5.73 Å². The van der Waals surface area contributed by atoms with Crippen molar-refractivity contribution in [2.75, 3.05) is 7.05 Å². The minimum atomic E-state index is -3.71. The quantitative estimate of drug-likeness (QED) is 0.915. The number of aryl methyl sites for hydroxylation is 1. The van der Waals surface area contributed by atoms with Crippen molar-refractivity contribution in [3.05, 3.63) is 52.4 Å². The van der Waals surface area contributed by atoms with Gasteiger partial charge in [-0.15, -0.1) is 0 Å². The van der Waals surface area contributed by atoms with E-state index >= 15 is 0 Å². The Bertz CT molecular complexity index is 740. The average Bonchev–Trinajstić information content (AvgIpc) is 2.84. The van der Waals surface area contributed by atoms with Gasteiger partial charge < -0.3 is 10.2 Å². The summed E-state index contributed by atoms with van der Waals surface area (Å²) in [5.74, 6) is 1.31. The second-order valence-corrected chi connectivity index (χ2v) is 7.16. The molecule has 2 rings (SSSR count). The molecule has 7 heteroatoms. The Morgan fingerprint density at radius 2 is 2.00 bits per heavy atom. The lowest BCUT2D eigenvalue weighted by molar-refractivity contribution is 0.397. The molecule has 0 saturated carbocycles. The van der Waals surface area contributed by atoms with E-state index in [4.69, 9.17) is 21.8 Å². The number of benzene rings is 1. The van der Waals surface area contributed by atoms with E-state index in [1.165, 1.54) is 17.4 Å². The van der Waals surface area contributed by atoms with Crippen molar-refractivity contribution >= 4 is 21.6 Å². The highest BCUT2D eigenvalue weighted by molar-refractivity contribution is 7.89. The van der Waals surface area contributed by atoms with Gasteiger partial charge in [0.15, 0.2) is 0 Å². The third-order valence-corrected chi connectivity index (χ3v) is 5.38. The van der Waals surface area contributed by atoms with Crippen LogP contribution in [0, 0.1) is 6.92 Å². The fourth-order valence-electron chi connectivity index (χ4n) is 1.91. The highest BCUT2D eigenvalue weighted by Crippen LogP contribution is 2.26. The van der Waals surface area contributed by atoms with Gasteiger partial charge in [-0.1, -0.05) is 17.7 Å². The first kappa shape index (κ1) is 16.0. The number of sulfonamides is 1. The summed E-state index contributed by atoms with van der Waals surface area (Å²) in [4.78, 5) is 0.0536. The highest BCUT2D eigenvalue weighted by atomic mass is 35.5. The van der Waals surface area contributed by atoms with Crippen LogP contribution in [-0.4, -0.2) is 19.8 Å². The summed E-state index contributed by atoms with van der Waals surface area (Å²) in [6.07, 6.45) is 0. The van der Waals surface area contributed by atoms with Gasteiger partial charge in [-0.05, 0) is 36.8 Å². The largest absolute Gasteiger partial charge is 0.465 e. The summed E-state index contributed by atoms with van der Waals surface area (Å²) in [7, 11) is -2.22. The Balaban J connectivity index is 2.32. The number of nitrogens with zero attached hydrogens (tertiary/aromatic N) is 1. The molecular weight excluding hydrogens is 312 g/mol. The molecule has 2 aromatic rings. The monoisotopic (exact) mass is 328 g/mol. The van der Waals surface area contributed by atoms with Gasteiger partial charge in [0.05, 0.1) is 11.6 Å². The summed E-state index contributed by atoms with van der Waals surface area (Å²) >= 11 is 6.02. The molecule has 2 N–H and O–H groups in total. The molecule has 5 nitrogen and oxygen atoms in total. The van der Waals surface area contributed by atoms with Crippen LogP contribution in [0.5, 0.6) is 0 Å². The van der Waals surface area contributed by atoms with E-state index in [9.17, 15) is 8.42 Å². The van der Waals surface area contributed by atoms with Crippen molar-refractivity contribution in [3.63, 3.8) is 0 Å². The van der Waals surface area contributed by atoms with Gasteiger partial charge >= 0.3 is 0 Å². The summed E-state index contributed by atoms with van der Waals surface area (Å²) < 4.78 is 31.8. The topological polar surface area (TPSA) is 76.5 Å². The molecule has 0 amide bonds. The molecule has 0 unspecified atom stereocenters.